The monoisotopic (exact) mass is 297 g/mol. The summed E-state index contributed by atoms with van der Waals surface area (Å²) in [6.45, 7) is 1.05. The van der Waals surface area contributed by atoms with Gasteiger partial charge >= 0.3 is 0 Å². The van der Waals surface area contributed by atoms with Crippen LogP contribution in [-0.2, 0) is 6.54 Å². The molecule has 2 rings (SSSR count). The van der Waals surface area contributed by atoms with Crippen LogP contribution in [0.15, 0.2) is 54.6 Å². The molecule has 4 nitrogen and oxygen atoms in total. The van der Waals surface area contributed by atoms with E-state index < -0.39 is 0 Å². The maximum absolute atomic E-state index is 12.2. The van der Waals surface area contributed by atoms with Crippen molar-refractivity contribution >= 4 is 5.91 Å². The van der Waals surface area contributed by atoms with E-state index in [1.807, 2.05) is 56.6 Å². The number of nitrogens with zero attached hydrogens (tertiary/aromatic N) is 1. The Morgan fingerprint density at radius 3 is 2.27 bits per heavy atom. The Bertz CT molecular complexity index is 593. The van der Waals surface area contributed by atoms with Gasteiger partial charge in [-0.3, -0.25) is 4.79 Å². The summed E-state index contributed by atoms with van der Waals surface area (Å²) in [6.07, 6.45) is 0. The van der Waals surface area contributed by atoms with Gasteiger partial charge in [-0.1, -0.05) is 42.5 Å². The molecule has 1 atom stereocenters. The second-order valence-electron chi connectivity index (χ2n) is 5.50. The fourth-order valence-electron chi connectivity index (χ4n) is 2.36. The molecule has 0 aliphatic carbocycles. The number of hydrogen-bond acceptors (Lipinski definition) is 3. The van der Waals surface area contributed by atoms with E-state index in [0.29, 0.717) is 18.7 Å². The van der Waals surface area contributed by atoms with Crippen LogP contribution in [0.3, 0.4) is 0 Å². The molecule has 0 aliphatic heterocycles. The van der Waals surface area contributed by atoms with Crippen molar-refractivity contribution in [1.29, 1.82) is 0 Å². The zero-order valence-corrected chi connectivity index (χ0v) is 13.1. The largest absolute Gasteiger partial charge is 0.350 e. The van der Waals surface area contributed by atoms with Gasteiger partial charge in [-0.2, -0.15) is 0 Å². The summed E-state index contributed by atoms with van der Waals surface area (Å²) < 4.78 is 0. The highest BCUT2D eigenvalue weighted by atomic mass is 16.1. The summed E-state index contributed by atoms with van der Waals surface area (Å²) in [6, 6.07) is 17.7. The van der Waals surface area contributed by atoms with Crippen LogP contribution in [0.5, 0.6) is 0 Å². The summed E-state index contributed by atoms with van der Waals surface area (Å²) in [7, 11) is 4.03. The first-order valence-corrected chi connectivity index (χ1v) is 7.40. The lowest BCUT2D eigenvalue weighted by Gasteiger charge is -2.25. The Labute approximate surface area is 131 Å². The molecule has 3 N–H and O–H groups in total. The number of likely N-dealkylation sites (N-methyl/N-ethyl adjacent to an activating group) is 1. The van der Waals surface area contributed by atoms with Crippen LogP contribution in [-0.4, -0.2) is 31.4 Å². The standard InChI is InChI=1S/C18H23N3O/c1-21(2)17(15-6-4-3-5-7-15)13-20-18(22)16-10-8-14(12-19)9-11-16/h3-11,17H,12-13,19H2,1-2H3,(H,20,22). The molecule has 0 spiro atoms. The van der Waals surface area contributed by atoms with Crippen molar-refractivity contribution in [2.24, 2.45) is 5.73 Å². The van der Waals surface area contributed by atoms with Crippen molar-refractivity contribution in [2.45, 2.75) is 12.6 Å². The van der Waals surface area contributed by atoms with Crippen LogP contribution in [0.1, 0.15) is 27.5 Å². The van der Waals surface area contributed by atoms with Gasteiger partial charge in [0.2, 0.25) is 0 Å². The number of benzene rings is 2. The smallest absolute Gasteiger partial charge is 0.251 e. The normalized spacial score (nSPS) is 12.2. The number of rotatable bonds is 6. The molecule has 0 aliphatic rings. The van der Waals surface area contributed by atoms with Crippen molar-refractivity contribution in [1.82, 2.24) is 10.2 Å². The first kappa shape index (κ1) is 16.2. The summed E-state index contributed by atoms with van der Waals surface area (Å²) in [5.41, 5.74) is 8.43. The van der Waals surface area contributed by atoms with E-state index in [1.54, 1.807) is 0 Å². The average Bonchev–Trinajstić information content (AvgIpc) is 2.55. The van der Waals surface area contributed by atoms with Gasteiger partial charge in [-0.25, -0.2) is 0 Å². The lowest BCUT2D eigenvalue weighted by molar-refractivity contribution is 0.0942. The van der Waals surface area contributed by atoms with Crippen LogP contribution in [0, 0.1) is 0 Å². The highest BCUT2D eigenvalue weighted by molar-refractivity contribution is 5.94. The fraction of sp³-hybridized carbons (Fsp3) is 0.278. The van der Waals surface area contributed by atoms with Gasteiger partial charge in [0.05, 0.1) is 6.04 Å². The maximum atomic E-state index is 12.2. The third kappa shape index (κ3) is 4.16. The molecular formula is C18H23N3O. The zero-order valence-electron chi connectivity index (χ0n) is 13.1. The molecule has 1 amide bonds. The summed E-state index contributed by atoms with van der Waals surface area (Å²) in [4.78, 5) is 14.3. The summed E-state index contributed by atoms with van der Waals surface area (Å²) in [5.74, 6) is -0.0636. The van der Waals surface area contributed by atoms with Gasteiger partial charge in [-0.15, -0.1) is 0 Å². The number of hydrogen-bond donors (Lipinski definition) is 2. The van der Waals surface area contributed by atoms with Gasteiger partial charge in [0, 0.05) is 18.7 Å². The molecule has 1 unspecified atom stereocenters. The Hall–Kier alpha value is -2.17. The maximum Gasteiger partial charge on any atom is 0.251 e. The molecule has 0 radical (unpaired) electrons. The second kappa shape index (κ2) is 7.73. The second-order valence-corrected chi connectivity index (χ2v) is 5.50. The molecular weight excluding hydrogens is 274 g/mol. The first-order valence-electron chi connectivity index (χ1n) is 7.40. The Morgan fingerprint density at radius 1 is 1.09 bits per heavy atom. The quantitative estimate of drug-likeness (QED) is 0.859. The lowest BCUT2D eigenvalue weighted by Crippen LogP contribution is -2.34. The molecule has 22 heavy (non-hydrogen) atoms. The minimum absolute atomic E-state index is 0.0636. The van der Waals surface area contributed by atoms with Crippen molar-refractivity contribution in [3.63, 3.8) is 0 Å². The molecule has 4 heteroatoms. The molecule has 0 saturated heterocycles. The minimum Gasteiger partial charge on any atom is -0.350 e. The first-order chi connectivity index (χ1) is 10.6. The molecule has 0 saturated carbocycles. The van der Waals surface area contributed by atoms with Gasteiger partial charge in [0.15, 0.2) is 0 Å². The molecule has 116 valence electrons. The van der Waals surface area contributed by atoms with E-state index in [2.05, 4.69) is 22.3 Å². The summed E-state index contributed by atoms with van der Waals surface area (Å²) >= 11 is 0. The molecule has 0 fully saturated rings. The van der Waals surface area contributed by atoms with E-state index in [1.165, 1.54) is 5.56 Å². The van der Waals surface area contributed by atoms with Crippen LogP contribution in [0.4, 0.5) is 0 Å². The van der Waals surface area contributed by atoms with Crippen LogP contribution >= 0.6 is 0 Å². The minimum atomic E-state index is -0.0636. The topological polar surface area (TPSA) is 58.4 Å². The number of carbonyl (C=O) groups excluding carboxylic acids is 1. The average molecular weight is 297 g/mol. The Kier molecular flexibility index (Phi) is 5.69. The van der Waals surface area contributed by atoms with Crippen LogP contribution in [0.2, 0.25) is 0 Å². The fourth-order valence-corrected chi connectivity index (χ4v) is 2.36. The number of nitrogens with one attached hydrogen (secondary N) is 1. The SMILES string of the molecule is CN(C)C(CNC(=O)c1ccc(CN)cc1)c1ccccc1. The van der Waals surface area contributed by atoms with E-state index in [0.717, 1.165) is 5.56 Å². The summed E-state index contributed by atoms with van der Waals surface area (Å²) in [5, 5.41) is 3.00. The predicted molar refractivity (Wildman–Crippen MR) is 89.5 cm³/mol. The van der Waals surface area contributed by atoms with Crippen molar-refractivity contribution in [2.75, 3.05) is 20.6 Å². The Balaban J connectivity index is 2.01. The lowest BCUT2D eigenvalue weighted by atomic mass is 10.1. The van der Waals surface area contributed by atoms with Crippen molar-refractivity contribution in [3.8, 4) is 0 Å². The number of amides is 1. The Morgan fingerprint density at radius 2 is 1.73 bits per heavy atom. The number of carbonyl (C=O) groups is 1. The number of nitrogens with two attached hydrogens (primary N) is 1. The highest BCUT2D eigenvalue weighted by Gasteiger charge is 2.15. The zero-order chi connectivity index (χ0) is 15.9. The van der Waals surface area contributed by atoms with E-state index in [9.17, 15) is 4.79 Å². The van der Waals surface area contributed by atoms with Crippen LogP contribution in [0.25, 0.3) is 0 Å². The van der Waals surface area contributed by atoms with E-state index in [4.69, 9.17) is 5.73 Å². The van der Waals surface area contributed by atoms with Gasteiger partial charge in [0.1, 0.15) is 0 Å². The molecule has 0 aromatic heterocycles. The van der Waals surface area contributed by atoms with Crippen molar-refractivity contribution in [3.05, 3.63) is 71.3 Å². The predicted octanol–water partition coefficient (Wildman–Crippen LogP) is 2.18. The molecule has 2 aromatic rings. The van der Waals surface area contributed by atoms with Gasteiger partial charge < -0.3 is 16.0 Å². The third-order valence-electron chi connectivity index (χ3n) is 3.72. The third-order valence-corrected chi connectivity index (χ3v) is 3.72. The van der Waals surface area contributed by atoms with Crippen molar-refractivity contribution < 1.29 is 4.79 Å². The molecule has 0 bridgehead atoms. The van der Waals surface area contributed by atoms with Gasteiger partial charge in [-0.05, 0) is 37.4 Å². The van der Waals surface area contributed by atoms with Gasteiger partial charge in [0.25, 0.3) is 5.91 Å². The van der Waals surface area contributed by atoms with E-state index in [-0.39, 0.29) is 11.9 Å². The highest BCUT2D eigenvalue weighted by Crippen LogP contribution is 2.16. The van der Waals surface area contributed by atoms with E-state index >= 15 is 0 Å². The molecule has 0 heterocycles. The molecule has 2 aromatic carbocycles. The van der Waals surface area contributed by atoms with Crippen LogP contribution < -0.4 is 11.1 Å².